The molecule has 2 N–H and O–H groups in total. The maximum atomic E-state index is 13.0. The van der Waals surface area contributed by atoms with Gasteiger partial charge in [-0.1, -0.05) is 6.07 Å². The van der Waals surface area contributed by atoms with Gasteiger partial charge >= 0.3 is 0 Å². The number of rotatable bonds is 6. The quantitative estimate of drug-likeness (QED) is 0.794. The van der Waals surface area contributed by atoms with E-state index in [0.29, 0.717) is 11.4 Å². The second-order valence-corrected chi connectivity index (χ2v) is 6.20. The number of anilines is 1. The molecule has 0 aliphatic carbocycles. The molecule has 1 atom stereocenters. The number of hydrogen-bond acceptors (Lipinski definition) is 4. The van der Waals surface area contributed by atoms with Gasteiger partial charge in [-0.15, -0.1) is 0 Å². The molecule has 0 spiro atoms. The van der Waals surface area contributed by atoms with Gasteiger partial charge in [0.05, 0.1) is 24.7 Å². The van der Waals surface area contributed by atoms with E-state index in [0.717, 1.165) is 0 Å². The van der Waals surface area contributed by atoms with E-state index in [1.54, 1.807) is 18.3 Å². The van der Waals surface area contributed by atoms with Gasteiger partial charge in [0.1, 0.15) is 5.82 Å². The molecule has 2 aromatic rings. The number of halogens is 1. The highest BCUT2D eigenvalue weighted by Gasteiger charge is 2.35. The summed E-state index contributed by atoms with van der Waals surface area (Å²) in [4.78, 5) is 41.8. The van der Waals surface area contributed by atoms with Crippen LogP contribution in [-0.2, 0) is 20.9 Å². The lowest BCUT2D eigenvalue weighted by molar-refractivity contribution is -0.129. The van der Waals surface area contributed by atoms with Crippen molar-refractivity contribution in [3.63, 3.8) is 0 Å². The molecule has 1 aromatic carbocycles. The summed E-state index contributed by atoms with van der Waals surface area (Å²) in [6.07, 6.45) is 1.69. The summed E-state index contributed by atoms with van der Waals surface area (Å²) in [5, 5.41) is 5.22. The monoisotopic (exact) mass is 370 g/mol. The first-order chi connectivity index (χ1) is 13.0. The summed E-state index contributed by atoms with van der Waals surface area (Å²) in [7, 11) is 0. The Kier molecular flexibility index (Phi) is 5.75. The molecule has 0 bridgehead atoms. The number of benzene rings is 1. The molecule has 7 nitrogen and oxygen atoms in total. The number of amides is 3. The Morgan fingerprint density at radius 3 is 2.63 bits per heavy atom. The van der Waals surface area contributed by atoms with Crippen molar-refractivity contribution in [2.75, 3.05) is 18.0 Å². The molecular weight excluding hydrogens is 351 g/mol. The zero-order valence-electron chi connectivity index (χ0n) is 14.5. The number of carbonyl (C=O) groups is 3. The van der Waals surface area contributed by atoms with E-state index < -0.39 is 11.7 Å². The number of nitrogens with one attached hydrogen (secondary N) is 2. The maximum Gasteiger partial charge on any atom is 0.239 e. The molecule has 2 heterocycles. The van der Waals surface area contributed by atoms with Crippen LogP contribution in [0.5, 0.6) is 0 Å². The van der Waals surface area contributed by atoms with Gasteiger partial charge in [-0.05, 0) is 36.4 Å². The number of pyridine rings is 1. The van der Waals surface area contributed by atoms with Crippen molar-refractivity contribution in [1.82, 2.24) is 15.6 Å². The van der Waals surface area contributed by atoms with E-state index in [4.69, 9.17) is 0 Å². The molecule has 1 aliphatic heterocycles. The van der Waals surface area contributed by atoms with Crippen LogP contribution in [0.15, 0.2) is 48.7 Å². The van der Waals surface area contributed by atoms with Crippen LogP contribution in [-0.4, -0.2) is 35.8 Å². The summed E-state index contributed by atoms with van der Waals surface area (Å²) in [5.74, 6) is -1.85. The zero-order valence-corrected chi connectivity index (χ0v) is 14.5. The number of hydrogen-bond donors (Lipinski definition) is 2. The average molecular weight is 370 g/mol. The lowest BCUT2D eigenvalue weighted by atomic mass is 10.1. The number of carbonyl (C=O) groups excluding carboxylic acids is 3. The third-order valence-corrected chi connectivity index (χ3v) is 4.25. The van der Waals surface area contributed by atoms with Gasteiger partial charge in [-0.3, -0.25) is 19.4 Å². The van der Waals surface area contributed by atoms with Gasteiger partial charge in [0.2, 0.25) is 17.7 Å². The van der Waals surface area contributed by atoms with Crippen molar-refractivity contribution in [3.8, 4) is 0 Å². The molecule has 1 saturated heterocycles. The molecule has 27 heavy (non-hydrogen) atoms. The molecule has 8 heteroatoms. The minimum absolute atomic E-state index is 0.0543. The molecule has 0 radical (unpaired) electrons. The first kappa shape index (κ1) is 18.5. The van der Waals surface area contributed by atoms with Crippen molar-refractivity contribution >= 4 is 23.4 Å². The lowest BCUT2D eigenvalue weighted by Gasteiger charge is -2.16. The smallest absolute Gasteiger partial charge is 0.239 e. The van der Waals surface area contributed by atoms with Crippen LogP contribution in [0.2, 0.25) is 0 Å². The van der Waals surface area contributed by atoms with Gasteiger partial charge in [0, 0.05) is 24.8 Å². The van der Waals surface area contributed by atoms with Crippen molar-refractivity contribution in [3.05, 3.63) is 60.2 Å². The van der Waals surface area contributed by atoms with Crippen LogP contribution in [0, 0.1) is 11.7 Å². The highest BCUT2D eigenvalue weighted by molar-refractivity contribution is 6.00. The van der Waals surface area contributed by atoms with Gasteiger partial charge in [-0.25, -0.2) is 4.39 Å². The van der Waals surface area contributed by atoms with Crippen molar-refractivity contribution in [2.45, 2.75) is 13.0 Å². The molecule has 1 aliphatic rings. The maximum absolute atomic E-state index is 13.0. The Morgan fingerprint density at radius 2 is 1.93 bits per heavy atom. The topological polar surface area (TPSA) is 91.4 Å². The minimum Gasteiger partial charge on any atom is -0.349 e. The van der Waals surface area contributed by atoms with Crippen LogP contribution < -0.4 is 15.5 Å². The van der Waals surface area contributed by atoms with Crippen molar-refractivity contribution in [1.29, 1.82) is 0 Å². The highest BCUT2D eigenvalue weighted by atomic mass is 19.1. The average Bonchev–Trinajstić information content (AvgIpc) is 3.07. The first-order valence-corrected chi connectivity index (χ1v) is 8.53. The molecule has 1 aromatic heterocycles. The SMILES string of the molecule is O=C(CNC(=O)[C@@H]1CC(=O)N(c2ccc(F)cc2)C1)NCc1ccccn1. The summed E-state index contributed by atoms with van der Waals surface area (Å²) >= 11 is 0. The second-order valence-electron chi connectivity index (χ2n) is 6.20. The summed E-state index contributed by atoms with van der Waals surface area (Å²) in [6, 6.07) is 10.9. The summed E-state index contributed by atoms with van der Waals surface area (Å²) in [5.41, 5.74) is 1.26. The van der Waals surface area contributed by atoms with Crippen LogP contribution >= 0.6 is 0 Å². The van der Waals surface area contributed by atoms with E-state index in [-0.39, 0.29) is 43.8 Å². The van der Waals surface area contributed by atoms with Crippen LogP contribution in [0.1, 0.15) is 12.1 Å². The van der Waals surface area contributed by atoms with E-state index in [1.807, 2.05) is 6.07 Å². The molecule has 3 rings (SSSR count). The molecular formula is C19H19FN4O3. The van der Waals surface area contributed by atoms with Crippen molar-refractivity contribution < 1.29 is 18.8 Å². The van der Waals surface area contributed by atoms with Crippen LogP contribution in [0.25, 0.3) is 0 Å². The van der Waals surface area contributed by atoms with E-state index in [9.17, 15) is 18.8 Å². The van der Waals surface area contributed by atoms with E-state index in [1.165, 1.54) is 29.2 Å². The lowest BCUT2D eigenvalue weighted by Crippen LogP contribution is -2.40. The van der Waals surface area contributed by atoms with Gasteiger partial charge in [0.25, 0.3) is 0 Å². The Balaban J connectivity index is 1.46. The fourth-order valence-corrected chi connectivity index (χ4v) is 2.82. The fourth-order valence-electron chi connectivity index (χ4n) is 2.82. The standard InChI is InChI=1S/C19H19FN4O3/c20-14-4-6-16(7-5-14)24-12-13(9-18(24)26)19(27)23-11-17(25)22-10-15-3-1-2-8-21-15/h1-8,13H,9-12H2,(H,22,25)(H,23,27)/t13-/m1/s1. The Morgan fingerprint density at radius 1 is 1.15 bits per heavy atom. The molecule has 0 saturated carbocycles. The number of aromatic nitrogens is 1. The molecule has 140 valence electrons. The fraction of sp³-hybridized carbons (Fsp3) is 0.263. The minimum atomic E-state index is -0.550. The second kappa shape index (κ2) is 8.39. The molecule has 0 unspecified atom stereocenters. The third-order valence-electron chi connectivity index (χ3n) is 4.25. The molecule has 3 amide bonds. The van der Waals surface area contributed by atoms with Gasteiger partial charge in [-0.2, -0.15) is 0 Å². The van der Waals surface area contributed by atoms with Crippen LogP contribution in [0.3, 0.4) is 0 Å². The van der Waals surface area contributed by atoms with Crippen molar-refractivity contribution in [2.24, 2.45) is 5.92 Å². The van der Waals surface area contributed by atoms with E-state index >= 15 is 0 Å². The normalized spacial score (nSPS) is 16.3. The predicted octanol–water partition coefficient (Wildman–Crippen LogP) is 1.01. The predicted molar refractivity (Wildman–Crippen MR) is 96.0 cm³/mol. The van der Waals surface area contributed by atoms with Crippen LogP contribution in [0.4, 0.5) is 10.1 Å². The Bertz CT molecular complexity index is 827. The number of nitrogens with zero attached hydrogens (tertiary/aromatic N) is 2. The molecule has 1 fully saturated rings. The third kappa shape index (κ3) is 4.87. The van der Waals surface area contributed by atoms with E-state index in [2.05, 4.69) is 15.6 Å². The summed E-state index contributed by atoms with van der Waals surface area (Å²) < 4.78 is 13.0. The highest BCUT2D eigenvalue weighted by Crippen LogP contribution is 2.25. The van der Waals surface area contributed by atoms with Gasteiger partial charge < -0.3 is 15.5 Å². The Labute approximate surface area is 155 Å². The largest absolute Gasteiger partial charge is 0.349 e. The van der Waals surface area contributed by atoms with Gasteiger partial charge in [0.15, 0.2) is 0 Å². The Hall–Kier alpha value is -3.29. The first-order valence-electron chi connectivity index (χ1n) is 8.53. The zero-order chi connectivity index (χ0) is 19.2. The summed E-state index contributed by atoms with van der Waals surface area (Å²) in [6.45, 7) is 0.300.